The van der Waals surface area contributed by atoms with E-state index in [1.165, 1.54) is 88.4 Å². The topological polar surface area (TPSA) is 63.4 Å². The Morgan fingerprint density at radius 3 is 2.06 bits per heavy atom. The first-order valence-corrected chi connectivity index (χ1v) is 13.5. The van der Waals surface area contributed by atoms with Crippen LogP contribution < -0.4 is 10.6 Å². The number of hydrogen-bond acceptors (Lipinski definition) is 3. The zero-order valence-corrected chi connectivity index (χ0v) is 21.3. The molecule has 1 fully saturated rings. The molecule has 33 heavy (non-hydrogen) atoms. The molecule has 5 heteroatoms. The summed E-state index contributed by atoms with van der Waals surface area (Å²) in [7, 11) is 0. The fraction of sp³-hybridized carbons (Fsp3) is 0.643. The van der Waals surface area contributed by atoms with Crippen molar-refractivity contribution in [2.45, 2.75) is 110 Å². The van der Waals surface area contributed by atoms with Crippen molar-refractivity contribution in [1.29, 1.82) is 0 Å². The van der Waals surface area contributed by atoms with E-state index in [0.29, 0.717) is 22.8 Å². The molecule has 0 radical (unpaired) electrons. The Kier molecular flexibility index (Phi) is 13.2. The summed E-state index contributed by atoms with van der Waals surface area (Å²) in [5.74, 6) is -0.596. The summed E-state index contributed by atoms with van der Waals surface area (Å²) in [6.45, 7) is 2.27. The van der Waals surface area contributed by atoms with Crippen molar-refractivity contribution in [3.63, 3.8) is 0 Å². The van der Waals surface area contributed by atoms with Gasteiger partial charge < -0.3 is 5.73 Å². The summed E-state index contributed by atoms with van der Waals surface area (Å²) in [6, 6.07) is 4.88. The number of hydrogen-bond donors (Lipinski definition) is 1. The Balaban J connectivity index is 1.51. The van der Waals surface area contributed by atoms with Crippen LogP contribution in [0, 0.1) is 5.92 Å². The number of imide groups is 1. The van der Waals surface area contributed by atoms with Crippen LogP contribution in [0.2, 0.25) is 5.02 Å². The molecular formula is C28H43ClN2O2. The van der Waals surface area contributed by atoms with Crippen LogP contribution in [0.4, 0.5) is 11.4 Å². The van der Waals surface area contributed by atoms with Gasteiger partial charge in [0, 0.05) is 6.42 Å². The van der Waals surface area contributed by atoms with E-state index in [9.17, 15) is 9.59 Å². The minimum absolute atomic E-state index is 0.146. The first-order chi connectivity index (χ1) is 16.0. The van der Waals surface area contributed by atoms with Gasteiger partial charge in [0.25, 0.3) is 0 Å². The van der Waals surface area contributed by atoms with Crippen LogP contribution in [-0.2, 0) is 9.59 Å². The molecule has 184 valence electrons. The van der Waals surface area contributed by atoms with Gasteiger partial charge in [0.15, 0.2) is 0 Å². The van der Waals surface area contributed by atoms with Crippen LogP contribution in [0.5, 0.6) is 0 Å². The molecule has 1 heterocycles. The molecule has 1 aromatic carbocycles. The molecule has 0 aliphatic carbocycles. The van der Waals surface area contributed by atoms with Crippen LogP contribution in [0.1, 0.15) is 110 Å². The minimum Gasteiger partial charge on any atom is -0.397 e. The van der Waals surface area contributed by atoms with E-state index in [0.717, 1.165) is 6.42 Å². The Hall–Kier alpha value is -1.81. The van der Waals surface area contributed by atoms with Gasteiger partial charge in [-0.05, 0) is 37.5 Å². The highest BCUT2D eigenvalue weighted by Crippen LogP contribution is 2.32. The number of nitrogen functional groups attached to an aromatic ring is 1. The van der Waals surface area contributed by atoms with Gasteiger partial charge in [0.05, 0.1) is 22.3 Å². The molecule has 0 aromatic heterocycles. The summed E-state index contributed by atoms with van der Waals surface area (Å²) in [6.07, 6.45) is 23.8. The molecule has 2 N–H and O–H groups in total. The van der Waals surface area contributed by atoms with Gasteiger partial charge in [0.1, 0.15) is 0 Å². The van der Waals surface area contributed by atoms with Gasteiger partial charge in [-0.15, -0.1) is 0 Å². The van der Waals surface area contributed by atoms with Gasteiger partial charge in [-0.25, -0.2) is 0 Å². The fourth-order valence-corrected chi connectivity index (χ4v) is 4.60. The first-order valence-electron chi connectivity index (χ1n) is 13.1. The molecule has 0 saturated carbocycles. The summed E-state index contributed by atoms with van der Waals surface area (Å²) in [5, 5.41) is 0.422. The summed E-state index contributed by atoms with van der Waals surface area (Å²) in [4.78, 5) is 26.3. The van der Waals surface area contributed by atoms with Gasteiger partial charge in [-0.1, -0.05) is 108 Å². The lowest BCUT2D eigenvalue weighted by Gasteiger charge is -2.15. The maximum Gasteiger partial charge on any atom is 0.237 e. The highest BCUT2D eigenvalue weighted by molar-refractivity contribution is 6.33. The zero-order valence-electron chi connectivity index (χ0n) is 20.5. The van der Waals surface area contributed by atoms with Crippen molar-refractivity contribution in [3.05, 3.63) is 35.4 Å². The minimum atomic E-state index is -0.280. The number of halogens is 1. The quantitative estimate of drug-likeness (QED) is 0.107. The third-order valence-electron chi connectivity index (χ3n) is 6.54. The van der Waals surface area contributed by atoms with Crippen molar-refractivity contribution in [1.82, 2.24) is 0 Å². The van der Waals surface area contributed by atoms with Crippen molar-refractivity contribution < 1.29 is 9.59 Å². The third-order valence-corrected chi connectivity index (χ3v) is 6.88. The molecule has 1 aromatic rings. The highest BCUT2D eigenvalue weighted by Gasteiger charge is 2.38. The largest absolute Gasteiger partial charge is 0.397 e. The highest BCUT2D eigenvalue weighted by atomic mass is 35.5. The van der Waals surface area contributed by atoms with E-state index in [1.54, 1.807) is 18.2 Å². The molecule has 1 unspecified atom stereocenters. The summed E-state index contributed by atoms with van der Waals surface area (Å²) in [5.41, 5.74) is 6.70. The lowest BCUT2D eigenvalue weighted by molar-refractivity contribution is -0.122. The van der Waals surface area contributed by atoms with Crippen LogP contribution in [0.3, 0.4) is 0 Å². The molecule has 4 nitrogen and oxygen atoms in total. The summed E-state index contributed by atoms with van der Waals surface area (Å²) >= 11 is 5.95. The van der Waals surface area contributed by atoms with Crippen molar-refractivity contribution in [3.8, 4) is 0 Å². The number of nitrogens with two attached hydrogens (primary N) is 1. The molecular weight excluding hydrogens is 432 g/mol. The van der Waals surface area contributed by atoms with Gasteiger partial charge in [0.2, 0.25) is 11.8 Å². The van der Waals surface area contributed by atoms with E-state index in [-0.39, 0.29) is 24.2 Å². The van der Waals surface area contributed by atoms with E-state index < -0.39 is 0 Å². The van der Waals surface area contributed by atoms with Crippen LogP contribution >= 0.6 is 11.6 Å². The molecule has 2 amide bonds. The number of carbonyl (C=O) groups excluding carboxylic acids is 2. The maximum absolute atomic E-state index is 12.7. The Morgan fingerprint density at radius 2 is 1.48 bits per heavy atom. The number of allylic oxidation sites excluding steroid dienone is 2. The van der Waals surface area contributed by atoms with Gasteiger partial charge in [-0.2, -0.15) is 0 Å². The lowest BCUT2D eigenvalue weighted by atomic mass is 10.0. The number of nitrogens with zero attached hydrogens (tertiary/aromatic N) is 1. The smallest absolute Gasteiger partial charge is 0.237 e. The lowest BCUT2D eigenvalue weighted by Crippen LogP contribution is -2.30. The van der Waals surface area contributed by atoms with Gasteiger partial charge in [-0.3, -0.25) is 14.5 Å². The van der Waals surface area contributed by atoms with E-state index in [4.69, 9.17) is 17.3 Å². The third kappa shape index (κ3) is 9.92. The molecule has 1 aliphatic rings. The number of carbonyl (C=O) groups is 2. The number of anilines is 2. The van der Waals surface area contributed by atoms with Crippen LogP contribution in [0.15, 0.2) is 30.4 Å². The monoisotopic (exact) mass is 474 g/mol. The number of benzene rings is 1. The van der Waals surface area contributed by atoms with Crippen LogP contribution in [0.25, 0.3) is 0 Å². The Morgan fingerprint density at radius 1 is 0.909 bits per heavy atom. The van der Waals surface area contributed by atoms with Crippen molar-refractivity contribution >= 4 is 34.8 Å². The SMILES string of the molecule is CCCCCCCCCCCCCCCC=CCC1CC(=O)N(c2ccc(Cl)c(N)c2)C1=O. The predicted octanol–water partition coefficient (Wildman–Crippen LogP) is 8.23. The second-order valence-electron chi connectivity index (χ2n) is 9.41. The average Bonchev–Trinajstić information content (AvgIpc) is 3.08. The zero-order chi connectivity index (χ0) is 23.9. The molecule has 0 bridgehead atoms. The number of amides is 2. The molecule has 1 saturated heterocycles. The first kappa shape index (κ1) is 27.4. The van der Waals surface area contributed by atoms with E-state index in [1.807, 2.05) is 0 Å². The van der Waals surface area contributed by atoms with Crippen LogP contribution in [-0.4, -0.2) is 11.8 Å². The Labute approximate surface area is 205 Å². The summed E-state index contributed by atoms with van der Waals surface area (Å²) < 4.78 is 0. The molecule has 1 atom stereocenters. The predicted molar refractivity (Wildman–Crippen MR) is 141 cm³/mol. The second kappa shape index (κ2) is 15.9. The van der Waals surface area contributed by atoms with Gasteiger partial charge >= 0.3 is 0 Å². The number of unbranched alkanes of at least 4 members (excludes halogenated alkanes) is 13. The average molecular weight is 475 g/mol. The normalized spacial score (nSPS) is 16.4. The molecule has 2 rings (SSSR count). The molecule has 1 aliphatic heterocycles. The van der Waals surface area contributed by atoms with E-state index >= 15 is 0 Å². The van der Waals surface area contributed by atoms with E-state index in [2.05, 4.69) is 19.1 Å². The second-order valence-corrected chi connectivity index (χ2v) is 9.82. The standard InChI is InChI=1S/C28H43ClN2O2/c1-2-3-4-5-6-7-8-9-10-11-12-13-14-15-16-17-18-23-21-27(32)31(28(23)33)24-19-20-25(29)26(30)22-24/h16-17,19-20,22-23H,2-15,18,21,30H2,1H3. The Bertz CT molecular complexity index is 762. The maximum atomic E-state index is 12.7. The fourth-order valence-electron chi connectivity index (χ4n) is 4.48. The van der Waals surface area contributed by atoms with Crippen molar-refractivity contribution in [2.75, 3.05) is 10.6 Å². The number of rotatable bonds is 17. The molecule has 0 spiro atoms. The van der Waals surface area contributed by atoms with Crippen molar-refractivity contribution in [2.24, 2.45) is 5.92 Å².